The van der Waals surface area contributed by atoms with E-state index in [0.717, 1.165) is 23.3 Å². The van der Waals surface area contributed by atoms with Crippen molar-refractivity contribution < 1.29 is 17.9 Å². The SMILES string of the molecule is O=S(=O)(Nc1c2c(cc3c1OCC3)OCC2)c1cccs1. The van der Waals surface area contributed by atoms with Gasteiger partial charge in [0.15, 0.2) is 0 Å². The maximum Gasteiger partial charge on any atom is 0.271 e. The number of fused-ring (bicyclic) bond motifs is 2. The first-order valence-corrected chi connectivity index (χ1v) is 9.02. The summed E-state index contributed by atoms with van der Waals surface area (Å²) in [6.45, 7) is 1.15. The van der Waals surface area contributed by atoms with Crippen molar-refractivity contribution in [2.75, 3.05) is 17.9 Å². The van der Waals surface area contributed by atoms with Crippen molar-refractivity contribution >= 4 is 27.0 Å². The summed E-state index contributed by atoms with van der Waals surface area (Å²) in [4.78, 5) is 0. The van der Waals surface area contributed by atoms with Gasteiger partial charge in [0, 0.05) is 24.0 Å². The number of benzene rings is 1. The zero-order valence-electron chi connectivity index (χ0n) is 11.1. The van der Waals surface area contributed by atoms with Crippen molar-refractivity contribution in [3.63, 3.8) is 0 Å². The Balaban J connectivity index is 1.83. The van der Waals surface area contributed by atoms with Gasteiger partial charge >= 0.3 is 0 Å². The number of anilines is 1. The van der Waals surface area contributed by atoms with Gasteiger partial charge in [0.05, 0.1) is 18.9 Å². The molecule has 3 heterocycles. The third-order valence-electron chi connectivity index (χ3n) is 3.65. The lowest BCUT2D eigenvalue weighted by molar-refractivity contribution is 0.356. The molecule has 1 aromatic heterocycles. The highest BCUT2D eigenvalue weighted by Crippen LogP contribution is 2.45. The number of hydrogen-bond acceptors (Lipinski definition) is 5. The van der Waals surface area contributed by atoms with Crippen LogP contribution in [0.3, 0.4) is 0 Å². The lowest BCUT2D eigenvalue weighted by Crippen LogP contribution is -2.13. The van der Waals surface area contributed by atoms with Crippen molar-refractivity contribution in [2.24, 2.45) is 0 Å². The Morgan fingerprint density at radius 2 is 2.05 bits per heavy atom. The number of ether oxygens (including phenoxy) is 2. The third-order valence-corrected chi connectivity index (χ3v) is 6.39. The highest BCUT2D eigenvalue weighted by atomic mass is 32.2. The molecule has 0 saturated heterocycles. The minimum Gasteiger partial charge on any atom is -0.493 e. The molecule has 2 aliphatic rings. The molecular weight excluding hydrogens is 310 g/mol. The Morgan fingerprint density at radius 1 is 1.19 bits per heavy atom. The number of nitrogens with one attached hydrogen (secondary N) is 1. The maximum atomic E-state index is 12.5. The van der Waals surface area contributed by atoms with Gasteiger partial charge in [-0.3, -0.25) is 4.72 Å². The molecule has 0 atom stereocenters. The van der Waals surface area contributed by atoms with Crippen LogP contribution in [0.25, 0.3) is 0 Å². The lowest BCUT2D eigenvalue weighted by Gasteiger charge is -2.14. The van der Waals surface area contributed by atoms with Crippen molar-refractivity contribution in [2.45, 2.75) is 17.1 Å². The summed E-state index contributed by atoms with van der Waals surface area (Å²) >= 11 is 1.19. The Morgan fingerprint density at radius 3 is 2.86 bits per heavy atom. The predicted octanol–water partition coefficient (Wildman–Crippen LogP) is 2.42. The second-order valence-corrected chi connectivity index (χ2v) is 7.81. The van der Waals surface area contributed by atoms with Gasteiger partial charge in [0.2, 0.25) is 0 Å². The van der Waals surface area contributed by atoms with Gasteiger partial charge in [-0.25, -0.2) is 8.42 Å². The summed E-state index contributed by atoms with van der Waals surface area (Å²) in [5, 5.41) is 1.74. The number of hydrogen-bond donors (Lipinski definition) is 1. The summed E-state index contributed by atoms with van der Waals surface area (Å²) < 4.78 is 39.1. The summed E-state index contributed by atoms with van der Waals surface area (Å²) in [7, 11) is -3.58. The van der Waals surface area contributed by atoms with Gasteiger partial charge in [0.25, 0.3) is 10.0 Å². The first-order chi connectivity index (χ1) is 10.1. The largest absolute Gasteiger partial charge is 0.493 e. The highest BCUT2D eigenvalue weighted by Gasteiger charge is 2.29. The molecule has 1 N–H and O–H groups in total. The molecule has 110 valence electrons. The molecule has 0 fully saturated rings. The van der Waals surface area contributed by atoms with Crippen LogP contribution in [0.2, 0.25) is 0 Å². The normalized spacial score (nSPS) is 16.0. The van der Waals surface area contributed by atoms with Crippen LogP contribution in [0.1, 0.15) is 11.1 Å². The molecule has 2 aromatic rings. The van der Waals surface area contributed by atoms with E-state index >= 15 is 0 Å². The third kappa shape index (κ3) is 2.08. The van der Waals surface area contributed by atoms with Crippen molar-refractivity contribution in [3.05, 3.63) is 34.7 Å². The summed E-state index contributed by atoms with van der Waals surface area (Å²) in [5.74, 6) is 1.42. The monoisotopic (exact) mass is 323 g/mol. The summed E-state index contributed by atoms with van der Waals surface area (Å²) in [6, 6.07) is 5.28. The molecule has 0 aliphatic carbocycles. The van der Waals surface area contributed by atoms with Crippen molar-refractivity contribution in [3.8, 4) is 11.5 Å². The average molecular weight is 323 g/mol. The number of thiophene rings is 1. The minimum atomic E-state index is -3.58. The van der Waals surface area contributed by atoms with Crippen LogP contribution in [-0.4, -0.2) is 21.6 Å². The van der Waals surface area contributed by atoms with E-state index in [1.807, 2.05) is 6.07 Å². The van der Waals surface area contributed by atoms with Crippen LogP contribution in [0.4, 0.5) is 5.69 Å². The molecule has 0 radical (unpaired) electrons. The van der Waals surface area contributed by atoms with Gasteiger partial charge in [-0.1, -0.05) is 6.07 Å². The van der Waals surface area contributed by atoms with E-state index in [9.17, 15) is 8.42 Å². The fraction of sp³-hybridized carbons (Fsp3) is 0.286. The first-order valence-electron chi connectivity index (χ1n) is 6.66. The quantitative estimate of drug-likeness (QED) is 0.942. The molecular formula is C14H13NO4S2. The van der Waals surface area contributed by atoms with Gasteiger partial charge in [-0.05, 0) is 17.5 Å². The van der Waals surface area contributed by atoms with E-state index in [-0.39, 0.29) is 0 Å². The molecule has 4 rings (SSSR count). The molecule has 0 spiro atoms. The van der Waals surface area contributed by atoms with Gasteiger partial charge in [-0.2, -0.15) is 0 Å². The van der Waals surface area contributed by atoms with E-state index in [4.69, 9.17) is 9.47 Å². The maximum absolute atomic E-state index is 12.5. The lowest BCUT2D eigenvalue weighted by atomic mass is 10.0. The Hall–Kier alpha value is -1.73. The molecule has 0 bridgehead atoms. The summed E-state index contributed by atoms with van der Waals surface area (Å²) in [6.07, 6.45) is 1.47. The highest BCUT2D eigenvalue weighted by molar-refractivity contribution is 7.94. The molecule has 2 aliphatic heterocycles. The van der Waals surface area contributed by atoms with E-state index in [2.05, 4.69) is 4.72 Å². The molecule has 21 heavy (non-hydrogen) atoms. The fourth-order valence-electron chi connectivity index (χ4n) is 2.69. The van der Waals surface area contributed by atoms with Gasteiger partial charge < -0.3 is 9.47 Å². The predicted molar refractivity (Wildman–Crippen MR) is 80.0 cm³/mol. The van der Waals surface area contributed by atoms with Crippen LogP contribution >= 0.6 is 11.3 Å². The summed E-state index contributed by atoms with van der Waals surface area (Å²) in [5.41, 5.74) is 2.43. The van der Waals surface area contributed by atoms with E-state index in [1.165, 1.54) is 11.3 Å². The second kappa shape index (κ2) is 4.64. The molecule has 7 heteroatoms. The first kappa shape index (κ1) is 13.0. The zero-order valence-corrected chi connectivity index (χ0v) is 12.7. The van der Waals surface area contributed by atoms with Crippen LogP contribution in [0.15, 0.2) is 27.8 Å². The average Bonchev–Trinajstić information content (AvgIpc) is 3.19. The van der Waals surface area contributed by atoms with Gasteiger partial charge in [-0.15, -0.1) is 11.3 Å². The topological polar surface area (TPSA) is 64.6 Å². The molecule has 0 amide bonds. The van der Waals surface area contributed by atoms with Crippen molar-refractivity contribution in [1.29, 1.82) is 0 Å². The smallest absolute Gasteiger partial charge is 0.271 e. The standard InChI is InChI=1S/C14H13NO4S2/c16-21(17,12-2-1-7-20-12)15-13-10-4-6-18-11(10)8-9-3-5-19-14(9)13/h1-2,7-8,15H,3-6H2. The van der Waals surface area contributed by atoms with Crippen LogP contribution in [0, 0.1) is 0 Å². The minimum absolute atomic E-state index is 0.297. The zero-order chi connectivity index (χ0) is 14.4. The molecule has 0 saturated carbocycles. The van der Waals surface area contributed by atoms with Gasteiger partial charge in [0.1, 0.15) is 15.7 Å². The van der Waals surface area contributed by atoms with E-state index in [0.29, 0.717) is 35.3 Å². The Bertz CT molecular complexity index is 765. The van der Waals surface area contributed by atoms with Crippen LogP contribution < -0.4 is 14.2 Å². The molecule has 5 nitrogen and oxygen atoms in total. The molecule has 0 unspecified atom stereocenters. The fourth-order valence-corrected chi connectivity index (χ4v) is 4.78. The van der Waals surface area contributed by atoms with E-state index < -0.39 is 10.0 Å². The second-order valence-electron chi connectivity index (χ2n) is 4.95. The van der Waals surface area contributed by atoms with E-state index in [1.54, 1.807) is 17.5 Å². The van der Waals surface area contributed by atoms with Crippen molar-refractivity contribution in [1.82, 2.24) is 0 Å². The number of sulfonamides is 1. The number of rotatable bonds is 3. The van der Waals surface area contributed by atoms with Crippen LogP contribution in [-0.2, 0) is 22.9 Å². The van der Waals surface area contributed by atoms with Crippen LogP contribution in [0.5, 0.6) is 11.5 Å². The Labute approximate surface area is 126 Å². The Kier molecular flexibility index (Phi) is 2.87. The molecule has 1 aromatic carbocycles.